The fourth-order valence-corrected chi connectivity index (χ4v) is 3.81. The molecule has 3 aromatic rings. The number of fused-ring (bicyclic) bond motifs is 1. The van der Waals surface area contributed by atoms with Crippen LogP contribution in [0.4, 0.5) is 26.3 Å². The minimum Gasteiger partial charge on any atom is -0.475 e. The van der Waals surface area contributed by atoms with Gasteiger partial charge in [-0.05, 0) is 37.4 Å². The maximum absolute atomic E-state index is 14.0. The van der Waals surface area contributed by atoms with Crippen molar-refractivity contribution in [1.29, 1.82) is 0 Å². The van der Waals surface area contributed by atoms with Crippen molar-refractivity contribution in [3.8, 4) is 5.69 Å². The van der Waals surface area contributed by atoms with Crippen molar-refractivity contribution < 1.29 is 41.0 Å². The number of aliphatic carboxylic acids is 1. The van der Waals surface area contributed by atoms with Gasteiger partial charge in [0.25, 0.3) is 0 Å². The van der Waals surface area contributed by atoms with Gasteiger partial charge in [0.2, 0.25) is 5.91 Å². The lowest BCUT2D eigenvalue weighted by atomic mass is 10.1. The van der Waals surface area contributed by atoms with Gasteiger partial charge in [0.05, 0.1) is 27.3 Å². The summed E-state index contributed by atoms with van der Waals surface area (Å²) in [6, 6.07) is 8.06. The number of benzene rings is 2. The van der Waals surface area contributed by atoms with Crippen molar-refractivity contribution in [3.63, 3.8) is 0 Å². The Labute approximate surface area is 216 Å². The maximum Gasteiger partial charge on any atom is 0.490 e. The van der Waals surface area contributed by atoms with E-state index in [1.807, 2.05) is 18.7 Å². The van der Waals surface area contributed by atoms with E-state index < -0.39 is 35.5 Å². The van der Waals surface area contributed by atoms with E-state index in [-0.39, 0.29) is 33.9 Å². The van der Waals surface area contributed by atoms with Crippen molar-refractivity contribution >= 4 is 34.5 Å². The molecule has 0 unspecified atom stereocenters. The van der Waals surface area contributed by atoms with Gasteiger partial charge in [-0.3, -0.25) is 13.9 Å². The van der Waals surface area contributed by atoms with Crippen LogP contribution >= 0.6 is 11.6 Å². The van der Waals surface area contributed by atoms with E-state index in [2.05, 4.69) is 0 Å². The molecule has 0 atom stereocenters. The number of carboxylic acid groups (broad SMARTS) is 1. The lowest BCUT2D eigenvalue weighted by Gasteiger charge is -2.18. The number of amides is 1. The van der Waals surface area contributed by atoms with Crippen LogP contribution in [0, 0.1) is 0 Å². The molecule has 1 aromatic heterocycles. The molecule has 3 rings (SSSR count). The first-order valence-corrected chi connectivity index (χ1v) is 11.4. The molecule has 8 nitrogen and oxygen atoms in total. The van der Waals surface area contributed by atoms with Crippen LogP contribution < -0.4 is 11.4 Å². The number of halogens is 7. The topological polar surface area (TPSA) is 111 Å². The average Bonchev–Trinajstić information content (AvgIpc) is 3.09. The molecule has 38 heavy (non-hydrogen) atoms. The molecular formula is C23H23ClF6N4O4. The number of alkyl halides is 6. The molecule has 1 heterocycles. The number of para-hydroxylation sites is 1. The highest BCUT2D eigenvalue weighted by atomic mass is 35.5. The van der Waals surface area contributed by atoms with Gasteiger partial charge in [-0.1, -0.05) is 37.6 Å². The van der Waals surface area contributed by atoms with Crippen molar-refractivity contribution in [2.75, 3.05) is 19.6 Å². The fourth-order valence-electron chi connectivity index (χ4n) is 3.59. The summed E-state index contributed by atoms with van der Waals surface area (Å²) in [5, 5.41) is 7.25. The molecule has 1 amide bonds. The smallest absolute Gasteiger partial charge is 0.475 e. The Morgan fingerprint density at radius 2 is 1.61 bits per heavy atom. The van der Waals surface area contributed by atoms with E-state index in [0.29, 0.717) is 12.6 Å². The Kier molecular flexibility index (Phi) is 9.61. The summed E-state index contributed by atoms with van der Waals surface area (Å²) in [5.74, 6) is -3.77. The zero-order valence-electron chi connectivity index (χ0n) is 20.0. The number of hydrogen-bond acceptors (Lipinski definition) is 4. The molecule has 0 spiro atoms. The normalized spacial score (nSPS) is 11.9. The van der Waals surface area contributed by atoms with Gasteiger partial charge in [0.15, 0.2) is 0 Å². The summed E-state index contributed by atoms with van der Waals surface area (Å²) in [4.78, 5) is 36.0. The third-order valence-electron chi connectivity index (χ3n) is 5.49. The van der Waals surface area contributed by atoms with E-state index in [0.717, 1.165) is 17.7 Å². The second-order valence-corrected chi connectivity index (χ2v) is 8.21. The van der Waals surface area contributed by atoms with Gasteiger partial charge in [-0.2, -0.15) is 26.3 Å². The number of likely N-dealkylation sites (N-methyl/N-ethyl adjacent to an activating group) is 1. The molecular weight excluding hydrogens is 546 g/mol. The average molecular weight is 569 g/mol. The largest absolute Gasteiger partial charge is 0.490 e. The molecule has 0 radical (unpaired) electrons. The standard InChI is InChI=1S/C21H22ClF3N4O2.C2HF3O2/c1-3-27(4-2)9-10-28-17-12-13(19(26)30)11-14(21(23,24)25)18(17)29(20(28)31)16-8-6-5-7-15(16)22;3-2(4,5)1(6)7/h5-8,11-12H,3-4,9-10H2,1-2H3,(H2,26,30);(H,6,7). The number of imidazole rings is 1. The van der Waals surface area contributed by atoms with Crippen LogP contribution in [0.5, 0.6) is 0 Å². The molecule has 0 bridgehead atoms. The summed E-state index contributed by atoms with van der Waals surface area (Å²) in [6.07, 6.45) is -9.91. The molecule has 2 aromatic carbocycles. The van der Waals surface area contributed by atoms with E-state index in [9.17, 15) is 35.9 Å². The number of hydrogen-bond donors (Lipinski definition) is 2. The van der Waals surface area contributed by atoms with Gasteiger partial charge in [0, 0.05) is 18.7 Å². The summed E-state index contributed by atoms with van der Waals surface area (Å²) < 4.78 is 75.9. The highest BCUT2D eigenvalue weighted by Gasteiger charge is 2.38. The van der Waals surface area contributed by atoms with Crippen LogP contribution in [0.3, 0.4) is 0 Å². The van der Waals surface area contributed by atoms with Crippen molar-refractivity contribution in [2.24, 2.45) is 5.73 Å². The first kappa shape index (κ1) is 30.7. The molecule has 0 aliphatic heterocycles. The van der Waals surface area contributed by atoms with Gasteiger partial charge >= 0.3 is 24.0 Å². The predicted octanol–water partition coefficient (Wildman–Crippen LogP) is 4.54. The Bertz CT molecular complexity index is 1380. The lowest BCUT2D eigenvalue weighted by Crippen LogP contribution is -2.31. The summed E-state index contributed by atoms with van der Waals surface area (Å²) in [5.41, 5.74) is 2.88. The Morgan fingerprint density at radius 1 is 1.05 bits per heavy atom. The van der Waals surface area contributed by atoms with Gasteiger partial charge in [-0.15, -0.1) is 0 Å². The van der Waals surface area contributed by atoms with Crippen molar-refractivity contribution in [2.45, 2.75) is 32.7 Å². The first-order chi connectivity index (χ1) is 17.5. The van der Waals surface area contributed by atoms with E-state index in [1.165, 1.54) is 22.8 Å². The SMILES string of the molecule is CCN(CC)CCn1c(=O)n(-c2ccccc2Cl)c2c(C(F)(F)F)cc(C(N)=O)cc21.O=C(O)C(F)(F)F. The molecule has 15 heteroatoms. The quantitative estimate of drug-likeness (QED) is 0.407. The summed E-state index contributed by atoms with van der Waals surface area (Å²) >= 11 is 6.23. The third kappa shape index (κ3) is 6.86. The van der Waals surface area contributed by atoms with Gasteiger partial charge in [-0.25, -0.2) is 9.59 Å². The highest BCUT2D eigenvalue weighted by molar-refractivity contribution is 6.32. The van der Waals surface area contributed by atoms with Crippen LogP contribution in [0.1, 0.15) is 29.8 Å². The zero-order chi connectivity index (χ0) is 29.0. The number of nitrogens with zero attached hydrogens (tertiary/aromatic N) is 3. The number of nitrogens with two attached hydrogens (primary N) is 1. The minimum absolute atomic E-state index is 0.0271. The summed E-state index contributed by atoms with van der Waals surface area (Å²) in [6.45, 7) is 5.91. The number of primary amides is 1. The summed E-state index contributed by atoms with van der Waals surface area (Å²) in [7, 11) is 0. The fraction of sp³-hybridized carbons (Fsp3) is 0.348. The first-order valence-electron chi connectivity index (χ1n) is 11.0. The third-order valence-corrected chi connectivity index (χ3v) is 5.81. The molecule has 0 saturated carbocycles. The Hall–Kier alpha value is -3.52. The zero-order valence-corrected chi connectivity index (χ0v) is 20.8. The van der Waals surface area contributed by atoms with Gasteiger partial charge < -0.3 is 15.7 Å². The highest BCUT2D eigenvalue weighted by Crippen LogP contribution is 2.37. The molecule has 0 aliphatic rings. The lowest BCUT2D eigenvalue weighted by molar-refractivity contribution is -0.192. The number of carbonyl (C=O) groups excluding carboxylic acids is 1. The molecule has 0 aliphatic carbocycles. The number of carbonyl (C=O) groups is 2. The number of rotatable bonds is 7. The Balaban J connectivity index is 0.000000638. The van der Waals surface area contributed by atoms with Crippen LogP contribution in [-0.4, -0.2) is 56.8 Å². The second-order valence-electron chi connectivity index (χ2n) is 7.80. The molecule has 3 N–H and O–H groups in total. The van der Waals surface area contributed by atoms with Crippen LogP contribution in [-0.2, 0) is 17.5 Å². The van der Waals surface area contributed by atoms with Crippen molar-refractivity contribution in [3.05, 3.63) is 63.0 Å². The van der Waals surface area contributed by atoms with E-state index >= 15 is 0 Å². The van der Waals surface area contributed by atoms with Crippen LogP contribution in [0.25, 0.3) is 16.7 Å². The number of carboxylic acids is 1. The van der Waals surface area contributed by atoms with Crippen LogP contribution in [0.15, 0.2) is 41.2 Å². The van der Waals surface area contributed by atoms with Gasteiger partial charge in [0.1, 0.15) is 0 Å². The van der Waals surface area contributed by atoms with Crippen molar-refractivity contribution in [1.82, 2.24) is 14.0 Å². The maximum atomic E-state index is 14.0. The molecule has 0 fully saturated rings. The Morgan fingerprint density at radius 3 is 2.05 bits per heavy atom. The number of aromatic nitrogens is 2. The van der Waals surface area contributed by atoms with Crippen LogP contribution in [0.2, 0.25) is 5.02 Å². The monoisotopic (exact) mass is 568 g/mol. The van der Waals surface area contributed by atoms with E-state index in [1.54, 1.807) is 12.1 Å². The molecule has 0 saturated heterocycles. The van der Waals surface area contributed by atoms with E-state index in [4.69, 9.17) is 27.2 Å². The minimum atomic E-state index is -5.08. The predicted molar refractivity (Wildman–Crippen MR) is 128 cm³/mol. The molecule has 208 valence electrons. The second kappa shape index (κ2) is 11.9.